The average molecular weight is 273 g/mol. The molecule has 6 nitrogen and oxygen atoms in total. The fourth-order valence-corrected chi connectivity index (χ4v) is 2.43. The lowest BCUT2D eigenvalue weighted by Crippen LogP contribution is -2.53. The molecule has 0 saturated heterocycles. The van der Waals surface area contributed by atoms with Crippen molar-refractivity contribution in [3.63, 3.8) is 0 Å². The lowest BCUT2D eigenvalue weighted by Gasteiger charge is -2.25. The van der Waals surface area contributed by atoms with Crippen LogP contribution in [-0.4, -0.2) is 22.6 Å². The van der Waals surface area contributed by atoms with Crippen LogP contribution in [0.1, 0.15) is 31.2 Å². The van der Waals surface area contributed by atoms with E-state index in [0.29, 0.717) is 24.1 Å². The molecule has 1 fully saturated rings. The summed E-state index contributed by atoms with van der Waals surface area (Å²) in [4.78, 5) is 23.3. The number of urea groups is 1. The number of para-hydroxylation sites is 1. The molecule has 104 valence electrons. The first kappa shape index (κ1) is 13.9. The predicted molar refractivity (Wildman–Crippen MR) is 72.1 cm³/mol. The smallest absolute Gasteiger partial charge is 0.329 e. The van der Waals surface area contributed by atoms with Crippen LogP contribution in [0.3, 0.4) is 0 Å². The molecule has 6 heteroatoms. The average Bonchev–Trinajstić information content (AvgIpc) is 2.89. The lowest BCUT2D eigenvalue weighted by molar-refractivity contribution is -0.144. The summed E-state index contributed by atoms with van der Waals surface area (Å²) in [6, 6.07) is 7.93. The van der Waals surface area contributed by atoms with Crippen LogP contribution in [0.25, 0.3) is 0 Å². The summed E-state index contributed by atoms with van der Waals surface area (Å²) in [6.07, 6.45) is 2.41. The SMILES string of the molecule is N#Cc1ccccc1NC(=O)NC1(C(=O)O)CCCC1. The van der Waals surface area contributed by atoms with Gasteiger partial charge in [0.05, 0.1) is 11.3 Å². The fraction of sp³-hybridized carbons (Fsp3) is 0.357. The Labute approximate surface area is 116 Å². The van der Waals surface area contributed by atoms with Crippen LogP contribution in [0.15, 0.2) is 24.3 Å². The van der Waals surface area contributed by atoms with Gasteiger partial charge in [-0.1, -0.05) is 25.0 Å². The molecule has 0 spiro atoms. The number of anilines is 1. The number of nitrogens with one attached hydrogen (secondary N) is 2. The summed E-state index contributed by atoms with van der Waals surface area (Å²) in [5.41, 5.74) is -0.490. The van der Waals surface area contributed by atoms with Crippen LogP contribution in [0.4, 0.5) is 10.5 Å². The Balaban J connectivity index is 2.09. The Hall–Kier alpha value is -2.55. The predicted octanol–water partition coefficient (Wildman–Crippen LogP) is 2.08. The van der Waals surface area contributed by atoms with Gasteiger partial charge in [0, 0.05) is 0 Å². The fourth-order valence-electron chi connectivity index (χ4n) is 2.43. The normalized spacial score (nSPS) is 16.1. The van der Waals surface area contributed by atoms with E-state index in [9.17, 15) is 14.7 Å². The van der Waals surface area contributed by atoms with Crippen molar-refractivity contribution in [3.8, 4) is 6.07 Å². The highest BCUT2D eigenvalue weighted by Crippen LogP contribution is 2.30. The van der Waals surface area contributed by atoms with Crippen LogP contribution < -0.4 is 10.6 Å². The number of nitrogens with zero attached hydrogens (tertiary/aromatic N) is 1. The van der Waals surface area contributed by atoms with Gasteiger partial charge in [-0.25, -0.2) is 9.59 Å². The Bertz CT molecular complexity index is 571. The molecule has 1 aliphatic carbocycles. The molecule has 20 heavy (non-hydrogen) atoms. The lowest BCUT2D eigenvalue weighted by atomic mass is 9.98. The molecule has 0 unspecified atom stereocenters. The zero-order chi connectivity index (χ0) is 14.6. The maximum Gasteiger partial charge on any atom is 0.329 e. The molecule has 0 aromatic heterocycles. The van der Waals surface area contributed by atoms with Crippen LogP contribution in [-0.2, 0) is 4.79 Å². The monoisotopic (exact) mass is 273 g/mol. The van der Waals surface area contributed by atoms with E-state index in [2.05, 4.69) is 10.6 Å². The molecule has 1 saturated carbocycles. The molecule has 0 radical (unpaired) electrons. The molecule has 2 rings (SSSR count). The number of hydrogen-bond donors (Lipinski definition) is 3. The van der Waals surface area contributed by atoms with Gasteiger partial charge < -0.3 is 15.7 Å². The minimum atomic E-state index is -1.19. The first-order valence-corrected chi connectivity index (χ1v) is 6.39. The van der Waals surface area contributed by atoms with Crippen molar-refractivity contribution in [2.24, 2.45) is 0 Å². The van der Waals surface area contributed by atoms with Crippen LogP contribution in [0.2, 0.25) is 0 Å². The maximum atomic E-state index is 12.0. The van der Waals surface area contributed by atoms with Gasteiger partial charge >= 0.3 is 12.0 Å². The number of carboxylic acid groups (broad SMARTS) is 1. The second-order valence-corrected chi connectivity index (χ2v) is 4.83. The highest BCUT2D eigenvalue weighted by Gasteiger charge is 2.42. The standard InChI is InChI=1S/C14H15N3O3/c15-9-10-5-1-2-6-11(10)16-13(20)17-14(12(18)19)7-3-4-8-14/h1-2,5-6H,3-4,7-8H2,(H,18,19)(H2,16,17,20). The van der Waals surface area contributed by atoms with Crippen molar-refractivity contribution in [1.29, 1.82) is 5.26 Å². The van der Waals surface area contributed by atoms with E-state index in [1.165, 1.54) is 0 Å². The topological polar surface area (TPSA) is 102 Å². The highest BCUT2D eigenvalue weighted by atomic mass is 16.4. The number of aliphatic carboxylic acids is 1. The molecule has 3 N–H and O–H groups in total. The third kappa shape index (κ3) is 2.72. The van der Waals surface area contributed by atoms with Crippen molar-refractivity contribution in [2.75, 3.05) is 5.32 Å². The van der Waals surface area contributed by atoms with Crippen molar-refractivity contribution in [3.05, 3.63) is 29.8 Å². The van der Waals surface area contributed by atoms with E-state index >= 15 is 0 Å². The van der Waals surface area contributed by atoms with Crippen LogP contribution >= 0.6 is 0 Å². The molecule has 1 aromatic carbocycles. The maximum absolute atomic E-state index is 12.0. The number of amides is 2. The molecule has 2 amide bonds. The highest BCUT2D eigenvalue weighted by molar-refractivity contribution is 5.95. The summed E-state index contributed by atoms with van der Waals surface area (Å²) in [6.45, 7) is 0. The third-order valence-electron chi connectivity index (χ3n) is 3.52. The summed E-state index contributed by atoms with van der Waals surface area (Å²) in [5, 5.41) is 23.3. The van der Waals surface area contributed by atoms with Crippen molar-refractivity contribution in [2.45, 2.75) is 31.2 Å². The first-order chi connectivity index (χ1) is 9.57. The van der Waals surface area contributed by atoms with Crippen molar-refractivity contribution in [1.82, 2.24) is 5.32 Å². The second-order valence-electron chi connectivity index (χ2n) is 4.83. The molecular weight excluding hydrogens is 258 g/mol. The summed E-state index contributed by atoms with van der Waals surface area (Å²) in [7, 11) is 0. The van der Waals surface area contributed by atoms with E-state index < -0.39 is 17.5 Å². The first-order valence-electron chi connectivity index (χ1n) is 6.39. The van der Waals surface area contributed by atoms with E-state index in [1.54, 1.807) is 24.3 Å². The second kappa shape index (κ2) is 5.61. The van der Waals surface area contributed by atoms with Crippen LogP contribution in [0.5, 0.6) is 0 Å². The molecule has 1 aromatic rings. The van der Waals surface area contributed by atoms with E-state index in [0.717, 1.165) is 12.8 Å². The summed E-state index contributed by atoms with van der Waals surface area (Å²) >= 11 is 0. The van der Waals surface area contributed by atoms with Gasteiger partial charge in [-0.15, -0.1) is 0 Å². The number of carboxylic acids is 1. The van der Waals surface area contributed by atoms with E-state index in [1.807, 2.05) is 6.07 Å². The number of rotatable bonds is 3. The van der Waals surface area contributed by atoms with Gasteiger partial charge in [-0.3, -0.25) is 0 Å². The minimum Gasteiger partial charge on any atom is -0.480 e. The Morgan fingerprint density at radius 3 is 2.50 bits per heavy atom. The van der Waals surface area contributed by atoms with Crippen molar-refractivity contribution < 1.29 is 14.7 Å². The number of carbonyl (C=O) groups excluding carboxylic acids is 1. The molecule has 0 atom stereocenters. The number of hydrogen-bond acceptors (Lipinski definition) is 3. The summed E-state index contributed by atoms with van der Waals surface area (Å²) in [5.74, 6) is -1.02. The Morgan fingerprint density at radius 1 is 1.25 bits per heavy atom. The van der Waals surface area contributed by atoms with Gasteiger partial charge in [0.2, 0.25) is 0 Å². The van der Waals surface area contributed by atoms with Gasteiger partial charge in [0.15, 0.2) is 0 Å². The summed E-state index contributed by atoms with van der Waals surface area (Å²) < 4.78 is 0. The van der Waals surface area contributed by atoms with E-state index in [-0.39, 0.29) is 0 Å². The molecule has 0 heterocycles. The number of nitriles is 1. The number of carbonyl (C=O) groups is 2. The molecule has 0 aliphatic heterocycles. The van der Waals surface area contributed by atoms with Gasteiger partial charge in [0.25, 0.3) is 0 Å². The zero-order valence-electron chi connectivity index (χ0n) is 10.8. The van der Waals surface area contributed by atoms with Gasteiger partial charge in [-0.2, -0.15) is 5.26 Å². The third-order valence-corrected chi connectivity index (χ3v) is 3.52. The van der Waals surface area contributed by atoms with Crippen molar-refractivity contribution >= 4 is 17.7 Å². The largest absolute Gasteiger partial charge is 0.480 e. The Kier molecular flexibility index (Phi) is 3.89. The van der Waals surface area contributed by atoms with E-state index in [4.69, 9.17) is 5.26 Å². The Morgan fingerprint density at radius 2 is 1.90 bits per heavy atom. The number of benzene rings is 1. The minimum absolute atomic E-state index is 0.332. The zero-order valence-corrected chi connectivity index (χ0v) is 10.8. The van der Waals surface area contributed by atoms with Gasteiger partial charge in [-0.05, 0) is 25.0 Å². The molecule has 1 aliphatic rings. The quantitative estimate of drug-likeness (QED) is 0.784. The molecule has 0 bridgehead atoms. The molecular formula is C14H15N3O3. The van der Waals surface area contributed by atoms with Crippen LogP contribution in [0, 0.1) is 11.3 Å². The van der Waals surface area contributed by atoms with Gasteiger partial charge in [0.1, 0.15) is 11.6 Å².